The van der Waals surface area contributed by atoms with E-state index in [0.717, 1.165) is 17.5 Å². The lowest BCUT2D eigenvalue weighted by Gasteiger charge is -2.10. The molecule has 0 heterocycles. The summed E-state index contributed by atoms with van der Waals surface area (Å²) in [4.78, 5) is 0. The van der Waals surface area contributed by atoms with Crippen LogP contribution >= 0.6 is 0 Å². The van der Waals surface area contributed by atoms with Gasteiger partial charge in [-0.05, 0) is 30.5 Å². The standard InChI is InChI=1S/C13H19N3O2S/c1-2-13(9-15)19(17,18)16-10-12-5-3-11(4-6-12)7-8-14/h3-6,13,16H,2,7-8,10,14H2,1H3. The number of nitrogens with two attached hydrogens (primary N) is 1. The van der Waals surface area contributed by atoms with Crippen molar-refractivity contribution in [3.8, 4) is 6.07 Å². The van der Waals surface area contributed by atoms with Gasteiger partial charge in [0.15, 0.2) is 5.25 Å². The Morgan fingerprint density at radius 3 is 2.37 bits per heavy atom. The van der Waals surface area contributed by atoms with Gasteiger partial charge in [0, 0.05) is 6.54 Å². The van der Waals surface area contributed by atoms with E-state index < -0.39 is 15.3 Å². The molecule has 0 radical (unpaired) electrons. The summed E-state index contributed by atoms with van der Waals surface area (Å²) in [6.07, 6.45) is 1.08. The third-order valence-electron chi connectivity index (χ3n) is 2.82. The fourth-order valence-corrected chi connectivity index (χ4v) is 2.80. The monoisotopic (exact) mass is 281 g/mol. The molecule has 5 nitrogen and oxygen atoms in total. The largest absolute Gasteiger partial charge is 0.330 e. The van der Waals surface area contributed by atoms with Crippen LogP contribution < -0.4 is 10.5 Å². The van der Waals surface area contributed by atoms with Gasteiger partial charge in [0.1, 0.15) is 0 Å². The molecule has 0 aromatic heterocycles. The molecule has 0 spiro atoms. The molecular weight excluding hydrogens is 262 g/mol. The summed E-state index contributed by atoms with van der Waals surface area (Å²) in [5, 5.41) is 7.78. The van der Waals surface area contributed by atoms with Gasteiger partial charge < -0.3 is 5.73 Å². The second-order valence-corrected chi connectivity index (χ2v) is 6.20. The maximum absolute atomic E-state index is 11.8. The van der Waals surface area contributed by atoms with Crippen molar-refractivity contribution in [2.75, 3.05) is 6.54 Å². The van der Waals surface area contributed by atoms with Crippen molar-refractivity contribution in [3.63, 3.8) is 0 Å². The normalized spacial score (nSPS) is 12.9. The van der Waals surface area contributed by atoms with Crippen molar-refractivity contribution in [1.29, 1.82) is 5.26 Å². The molecule has 1 rings (SSSR count). The lowest BCUT2D eigenvalue weighted by atomic mass is 10.1. The molecule has 1 aromatic rings. The van der Waals surface area contributed by atoms with Gasteiger partial charge in [-0.1, -0.05) is 31.2 Å². The van der Waals surface area contributed by atoms with Crippen LogP contribution in [-0.2, 0) is 23.0 Å². The van der Waals surface area contributed by atoms with Gasteiger partial charge in [-0.2, -0.15) is 5.26 Å². The van der Waals surface area contributed by atoms with Crippen LogP contribution in [0.25, 0.3) is 0 Å². The first kappa shape index (κ1) is 15.6. The summed E-state index contributed by atoms with van der Waals surface area (Å²) in [5.74, 6) is 0. The maximum atomic E-state index is 11.8. The number of nitrogens with zero attached hydrogens (tertiary/aromatic N) is 1. The predicted octanol–water partition coefficient (Wildman–Crippen LogP) is 0.909. The minimum Gasteiger partial charge on any atom is -0.330 e. The summed E-state index contributed by atoms with van der Waals surface area (Å²) >= 11 is 0. The predicted molar refractivity (Wildman–Crippen MR) is 74.7 cm³/mol. The second-order valence-electron chi connectivity index (χ2n) is 4.25. The Morgan fingerprint density at radius 1 is 1.32 bits per heavy atom. The van der Waals surface area contributed by atoms with Gasteiger partial charge >= 0.3 is 0 Å². The van der Waals surface area contributed by atoms with E-state index in [1.54, 1.807) is 13.0 Å². The molecule has 104 valence electrons. The Bertz CT molecular complexity index is 532. The summed E-state index contributed by atoms with van der Waals surface area (Å²) in [6, 6.07) is 9.37. The first-order valence-electron chi connectivity index (χ1n) is 6.19. The van der Waals surface area contributed by atoms with Crippen molar-refractivity contribution in [2.45, 2.75) is 31.6 Å². The van der Waals surface area contributed by atoms with E-state index in [0.29, 0.717) is 6.54 Å². The lowest BCUT2D eigenvalue weighted by Crippen LogP contribution is -2.32. The molecule has 0 aliphatic rings. The van der Waals surface area contributed by atoms with Crippen LogP contribution in [0.5, 0.6) is 0 Å². The van der Waals surface area contributed by atoms with Crippen molar-refractivity contribution in [2.24, 2.45) is 5.73 Å². The van der Waals surface area contributed by atoms with Crippen LogP contribution in [0, 0.1) is 11.3 Å². The number of hydrogen-bond donors (Lipinski definition) is 2. The Balaban J connectivity index is 2.64. The maximum Gasteiger partial charge on any atom is 0.228 e. The zero-order valence-corrected chi connectivity index (χ0v) is 11.8. The van der Waals surface area contributed by atoms with E-state index in [2.05, 4.69) is 4.72 Å². The van der Waals surface area contributed by atoms with Gasteiger partial charge in [0.05, 0.1) is 6.07 Å². The average Bonchev–Trinajstić information content (AvgIpc) is 2.39. The number of rotatable bonds is 7. The summed E-state index contributed by atoms with van der Waals surface area (Å²) in [7, 11) is -3.57. The van der Waals surface area contributed by atoms with Crippen molar-refractivity contribution >= 4 is 10.0 Å². The number of sulfonamides is 1. The summed E-state index contributed by atoms with van der Waals surface area (Å²) in [6.45, 7) is 2.46. The van der Waals surface area contributed by atoms with E-state index in [9.17, 15) is 8.42 Å². The molecule has 0 fully saturated rings. The number of nitriles is 1. The van der Waals surface area contributed by atoms with Gasteiger partial charge in [-0.15, -0.1) is 0 Å². The van der Waals surface area contributed by atoms with E-state index >= 15 is 0 Å². The van der Waals surface area contributed by atoms with Crippen LogP contribution in [0.1, 0.15) is 24.5 Å². The highest BCUT2D eigenvalue weighted by atomic mass is 32.2. The topological polar surface area (TPSA) is 96.0 Å². The van der Waals surface area contributed by atoms with Gasteiger partial charge in [-0.25, -0.2) is 13.1 Å². The van der Waals surface area contributed by atoms with Crippen molar-refractivity contribution in [1.82, 2.24) is 4.72 Å². The molecule has 19 heavy (non-hydrogen) atoms. The number of nitrogens with one attached hydrogen (secondary N) is 1. The number of hydrogen-bond acceptors (Lipinski definition) is 4. The smallest absolute Gasteiger partial charge is 0.228 e. The van der Waals surface area contributed by atoms with E-state index in [-0.39, 0.29) is 13.0 Å². The SMILES string of the molecule is CCC(C#N)S(=O)(=O)NCc1ccc(CCN)cc1. The third kappa shape index (κ3) is 4.63. The molecule has 1 unspecified atom stereocenters. The fourth-order valence-electron chi connectivity index (χ4n) is 1.66. The van der Waals surface area contributed by atoms with Crippen LogP contribution in [0.15, 0.2) is 24.3 Å². The van der Waals surface area contributed by atoms with Gasteiger partial charge in [0.25, 0.3) is 0 Å². The van der Waals surface area contributed by atoms with Gasteiger partial charge in [-0.3, -0.25) is 0 Å². The second kappa shape index (κ2) is 7.24. The quantitative estimate of drug-likeness (QED) is 0.776. The van der Waals surface area contributed by atoms with Crippen LogP contribution in [0.2, 0.25) is 0 Å². The Kier molecular flexibility index (Phi) is 5.96. The van der Waals surface area contributed by atoms with Crippen molar-refractivity contribution < 1.29 is 8.42 Å². The molecule has 0 amide bonds. The molecule has 1 aromatic carbocycles. The minimum absolute atomic E-state index is 0.198. The molecular formula is C13H19N3O2S. The first-order valence-corrected chi connectivity index (χ1v) is 7.74. The lowest BCUT2D eigenvalue weighted by molar-refractivity contribution is 0.572. The summed E-state index contributed by atoms with van der Waals surface area (Å²) in [5.41, 5.74) is 7.44. The molecule has 0 saturated carbocycles. The average molecular weight is 281 g/mol. The summed E-state index contributed by atoms with van der Waals surface area (Å²) < 4.78 is 26.0. The highest BCUT2D eigenvalue weighted by Crippen LogP contribution is 2.07. The zero-order valence-electron chi connectivity index (χ0n) is 11.0. The van der Waals surface area contributed by atoms with Gasteiger partial charge in [0.2, 0.25) is 10.0 Å². The molecule has 0 bridgehead atoms. The molecule has 0 aliphatic heterocycles. The molecule has 3 N–H and O–H groups in total. The zero-order chi connectivity index (χ0) is 14.3. The highest BCUT2D eigenvalue weighted by molar-refractivity contribution is 7.90. The Hall–Kier alpha value is -1.42. The van der Waals surface area contributed by atoms with Crippen molar-refractivity contribution in [3.05, 3.63) is 35.4 Å². The molecule has 6 heteroatoms. The number of benzene rings is 1. The van der Waals surface area contributed by atoms with E-state index in [1.807, 2.05) is 24.3 Å². The van der Waals surface area contributed by atoms with Crippen LogP contribution in [0.3, 0.4) is 0 Å². The van der Waals surface area contributed by atoms with E-state index in [1.165, 1.54) is 0 Å². The Labute approximate surface area is 114 Å². The van der Waals surface area contributed by atoms with Crippen LogP contribution in [-0.4, -0.2) is 20.2 Å². The third-order valence-corrected chi connectivity index (χ3v) is 4.56. The molecule has 0 saturated heterocycles. The molecule has 1 atom stereocenters. The molecule has 0 aliphatic carbocycles. The Morgan fingerprint density at radius 2 is 1.89 bits per heavy atom. The first-order chi connectivity index (χ1) is 9.03. The minimum atomic E-state index is -3.57. The highest BCUT2D eigenvalue weighted by Gasteiger charge is 2.22. The van der Waals surface area contributed by atoms with E-state index in [4.69, 9.17) is 11.0 Å². The fraction of sp³-hybridized carbons (Fsp3) is 0.462. The van der Waals surface area contributed by atoms with Crippen LogP contribution in [0.4, 0.5) is 0 Å².